The van der Waals surface area contributed by atoms with Gasteiger partial charge in [0.05, 0.1) is 0 Å². The van der Waals surface area contributed by atoms with Crippen molar-refractivity contribution in [2.75, 3.05) is 0 Å². The summed E-state index contributed by atoms with van der Waals surface area (Å²) >= 11 is 18.3. The molecule has 104 valence electrons. The van der Waals surface area contributed by atoms with Gasteiger partial charge in [0.25, 0.3) is 0 Å². The molecule has 0 spiro atoms. The highest BCUT2D eigenvalue weighted by Crippen LogP contribution is 2.51. The van der Waals surface area contributed by atoms with E-state index in [-0.39, 0.29) is 5.41 Å². The summed E-state index contributed by atoms with van der Waals surface area (Å²) in [6.07, 6.45) is 0.879. The Hall–Kier alpha value is -0.473. The Morgan fingerprint density at radius 3 is 1.75 bits per heavy atom. The molecule has 0 saturated carbocycles. The molecular weight excluding hydrogens is 327 g/mol. The number of fused-ring (bicyclic) bond motifs is 3. The van der Waals surface area contributed by atoms with Gasteiger partial charge in [0.1, 0.15) is 0 Å². The summed E-state index contributed by atoms with van der Waals surface area (Å²) in [5.74, 6) is 0. The van der Waals surface area contributed by atoms with Crippen molar-refractivity contribution in [2.45, 2.75) is 24.8 Å². The van der Waals surface area contributed by atoms with Crippen LogP contribution in [-0.4, -0.2) is 6.00 Å². The van der Waals surface area contributed by atoms with Crippen LogP contribution < -0.4 is 0 Å². The van der Waals surface area contributed by atoms with E-state index in [9.17, 15) is 0 Å². The van der Waals surface area contributed by atoms with Gasteiger partial charge in [-0.2, -0.15) is 0 Å². The van der Waals surface area contributed by atoms with Crippen LogP contribution in [0.4, 0.5) is 0 Å². The Morgan fingerprint density at radius 2 is 1.30 bits per heavy atom. The first-order valence-electron chi connectivity index (χ1n) is 6.68. The number of hydrogen-bond acceptors (Lipinski definition) is 0. The average molecular weight is 342 g/mol. The third kappa shape index (κ3) is 2.41. The predicted octanol–water partition coefficient (Wildman–Crippen LogP) is 6.02. The van der Waals surface area contributed by atoms with Crippen LogP contribution in [0.3, 0.4) is 0 Å². The Labute approximate surface area is 134 Å². The first-order valence-corrected chi connectivity index (χ1v) is 11.9. The van der Waals surface area contributed by atoms with Crippen LogP contribution in [-0.2, 0) is 5.41 Å². The molecule has 0 radical (unpaired) electrons. The zero-order chi connectivity index (χ0) is 14.4. The highest BCUT2D eigenvalue weighted by atomic mass is 35.8. The Balaban J connectivity index is 2.11. The molecule has 0 amide bonds. The summed E-state index contributed by atoms with van der Waals surface area (Å²) in [7, 11) is 0. The first kappa shape index (κ1) is 14.5. The van der Waals surface area contributed by atoms with Gasteiger partial charge in [-0.25, -0.2) is 0 Å². The minimum atomic E-state index is -2.60. The van der Waals surface area contributed by atoms with Gasteiger partial charge >= 0.3 is 6.00 Å². The fraction of sp³-hybridized carbons (Fsp3) is 0.250. The molecule has 0 aromatic heterocycles. The van der Waals surface area contributed by atoms with Crippen molar-refractivity contribution in [1.82, 2.24) is 0 Å². The topological polar surface area (TPSA) is 0 Å². The second-order valence-electron chi connectivity index (χ2n) is 5.54. The molecule has 0 bridgehead atoms. The van der Waals surface area contributed by atoms with E-state index in [4.69, 9.17) is 33.2 Å². The maximum absolute atomic E-state index is 6.10. The van der Waals surface area contributed by atoms with Crippen LogP contribution in [0.1, 0.15) is 24.5 Å². The molecule has 4 heteroatoms. The fourth-order valence-corrected chi connectivity index (χ4v) is 4.84. The molecule has 2 aromatic rings. The molecule has 0 aliphatic heterocycles. The standard InChI is InChI=1S/C16H15Cl3Si/c1-16(10-11-20(17,18)19)14-8-4-2-6-12(14)13-7-3-5-9-15(13)16/h2-9H,10-11H2,1H3. The zero-order valence-corrected chi connectivity index (χ0v) is 14.4. The lowest BCUT2D eigenvalue weighted by Crippen LogP contribution is -2.24. The molecule has 0 N–H and O–H groups in total. The monoisotopic (exact) mass is 340 g/mol. The normalized spacial score (nSPS) is 15.8. The van der Waals surface area contributed by atoms with E-state index in [0.29, 0.717) is 6.04 Å². The second-order valence-corrected chi connectivity index (χ2v) is 14.8. The van der Waals surface area contributed by atoms with Gasteiger partial charge in [-0.1, -0.05) is 55.5 Å². The molecule has 1 aliphatic carbocycles. The molecule has 0 atom stereocenters. The fourth-order valence-electron chi connectivity index (χ4n) is 3.20. The lowest BCUT2D eigenvalue weighted by molar-refractivity contribution is 0.563. The highest BCUT2D eigenvalue weighted by Gasteiger charge is 2.40. The van der Waals surface area contributed by atoms with E-state index < -0.39 is 6.00 Å². The van der Waals surface area contributed by atoms with Crippen molar-refractivity contribution in [3.8, 4) is 11.1 Å². The summed E-state index contributed by atoms with van der Waals surface area (Å²) in [5, 5.41) is 0. The molecule has 0 heterocycles. The molecular formula is C16H15Cl3Si. The number of rotatable bonds is 3. The lowest BCUT2D eigenvalue weighted by Gasteiger charge is -2.28. The minimum Gasteiger partial charge on any atom is -0.126 e. The van der Waals surface area contributed by atoms with Crippen LogP contribution >= 0.6 is 33.2 Å². The van der Waals surface area contributed by atoms with Crippen molar-refractivity contribution in [3.63, 3.8) is 0 Å². The van der Waals surface area contributed by atoms with E-state index in [0.717, 1.165) is 6.42 Å². The molecule has 3 rings (SSSR count). The largest absolute Gasteiger partial charge is 0.341 e. The van der Waals surface area contributed by atoms with Crippen LogP contribution in [0.25, 0.3) is 11.1 Å². The third-order valence-corrected chi connectivity index (χ3v) is 6.76. The summed E-state index contributed by atoms with van der Waals surface area (Å²) in [6, 6.07) is 15.2. The van der Waals surface area contributed by atoms with Gasteiger partial charge in [0.2, 0.25) is 0 Å². The molecule has 0 unspecified atom stereocenters. The molecule has 2 aromatic carbocycles. The summed E-state index contributed by atoms with van der Waals surface area (Å²) in [4.78, 5) is 0. The van der Waals surface area contributed by atoms with Crippen molar-refractivity contribution in [2.24, 2.45) is 0 Å². The SMILES string of the molecule is CC1(CC[Si](Cl)(Cl)Cl)c2ccccc2-c2ccccc21. The Morgan fingerprint density at radius 1 is 0.850 bits per heavy atom. The summed E-state index contributed by atoms with van der Waals surface area (Å²) in [6.45, 7) is 2.27. The highest BCUT2D eigenvalue weighted by molar-refractivity contribution is 7.64. The molecule has 1 aliphatic rings. The average Bonchev–Trinajstić information content (AvgIpc) is 2.68. The Bertz CT molecular complexity index is 601. The zero-order valence-electron chi connectivity index (χ0n) is 11.2. The van der Waals surface area contributed by atoms with Gasteiger partial charge < -0.3 is 0 Å². The second kappa shape index (κ2) is 5.06. The molecule has 0 nitrogen and oxygen atoms in total. The van der Waals surface area contributed by atoms with Gasteiger partial charge in [-0.3, -0.25) is 0 Å². The van der Waals surface area contributed by atoms with E-state index in [1.807, 2.05) is 0 Å². The Kier molecular flexibility index (Phi) is 3.66. The van der Waals surface area contributed by atoms with Crippen molar-refractivity contribution >= 4 is 39.2 Å². The number of hydrogen-bond donors (Lipinski definition) is 0. The van der Waals surface area contributed by atoms with Crippen molar-refractivity contribution < 1.29 is 0 Å². The van der Waals surface area contributed by atoms with Gasteiger partial charge in [-0.15, -0.1) is 33.2 Å². The number of benzene rings is 2. The van der Waals surface area contributed by atoms with E-state index >= 15 is 0 Å². The third-order valence-electron chi connectivity index (χ3n) is 4.24. The minimum absolute atomic E-state index is 0.0515. The quantitative estimate of drug-likeness (QED) is 0.473. The smallest absolute Gasteiger partial charge is 0.126 e. The maximum Gasteiger partial charge on any atom is 0.341 e. The molecule has 0 fully saturated rings. The molecule has 0 saturated heterocycles. The van der Waals surface area contributed by atoms with Crippen molar-refractivity contribution in [3.05, 3.63) is 59.7 Å². The number of halogens is 3. The summed E-state index contributed by atoms with van der Waals surface area (Å²) in [5.41, 5.74) is 5.28. The van der Waals surface area contributed by atoms with Crippen LogP contribution in [0, 0.1) is 0 Å². The van der Waals surface area contributed by atoms with Gasteiger partial charge in [0.15, 0.2) is 0 Å². The maximum atomic E-state index is 6.10. The first-order chi connectivity index (χ1) is 9.42. The van der Waals surface area contributed by atoms with E-state index in [1.54, 1.807) is 0 Å². The van der Waals surface area contributed by atoms with Crippen LogP contribution in [0.15, 0.2) is 48.5 Å². The van der Waals surface area contributed by atoms with Crippen molar-refractivity contribution in [1.29, 1.82) is 0 Å². The lowest BCUT2D eigenvalue weighted by atomic mass is 9.78. The van der Waals surface area contributed by atoms with E-state index in [2.05, 4.69) is 55.5 Å². The van der Waals surface area contributed by atoms with Gasteiger partial charge in [-0.05, 0) is 34.7 Å². The molecule has 20 heavy (non-hydrogen) atoms. The van der Waals surface area contributed by atoms with E-state index in [1.165, 1.54) is 22.3 Å². The predicted molar refractivity (Wildman–Crippen MR) is 91.1 cm³/mol. The van der Waals surface area contributed by atoms with Crippen LogP contribution in [0.5, 0.6) is 0 Å². The summed E-state index contributed by atoms with van der Waals surface area (Å²) < 4.78 is 0. The van der Waals surface area contributed by atoms with Crippen LogP contribution in [0.2, 0.25) is 6.04 Å². The van der Waals surface area contributed by atoms with Gasteiger partial charge in [0, 0.05) is 5.41 Å².